The molecule has 0 unspecified atom stereocenters. The first kappa shape index (κ1) is 11.4. The van der Waals surface area contributed by atoms with Gasteiger partial charge in [0.2, 0.25) is 0 Å². The lowest BCUT2D eigenvalue weighted by molar-refractivity contribution is 0.919. The summed E-state index contributed by atoms with van der Waals surface area (Å²) in [5.74, 6) is 0. The molecule has 5 heteroatoms. The summed E-state index contributed by atoms with van der Waals surface area (Å²) in [6.07, 6.45) is 2.44. The van der Waals surface area contributed by atoms with Crippen LogP contribution in [0, 0.1) is 3.57 Å². The molecular weight excluding hydrogens is 343 g/mol. The van der Waals surface area contributed by atoms with Crippen molar-refractivity contribution in [2.24, 2.45) is 0 Å². The van der Waals surface area contributed by atoms with Gasteiger partial charge in [0.1, 0.15) is 0 Å². The minimum absolute atomic E-state index is 0.579. The quantitative estimate of drug-likeness (QED) is 0.630. The molecule has 0 saturated heterocycles. The summed E-state index contributed by atoms with van der Waals surface area (Å²) in [6.45, 7) is 0. The van der Waals surface area contributed by atoms with Crippen LogP contribution >= 0.6 is 46.4 Å². The first-order valence-corrected chi connectivity index (χ1v) is 6.54. The monoisotopic (exact) mass is 352 g/mol. The molecule has 1 saturated carbocycles. The zero-order valence-electron chi connectivity index (χ0n) is 7.89. The van der Waals surface area contributed by atoms with Crippen LogP contribution in [-0.4, -0.2) is 11.2 Å². The van der Waals surface area contributed by atoms with Crippen molar-refractivity contribution in [1.82, 2.24) is 5.32 Å². The van der Waals surface area contributed by atoms with Gasteiger partial charge in [-0.05, 0) is 65.8 Å². The normalized spacial score (nSPS) is 14.8. The molecule has 0 spiro atoms. The highest BCUT2D eigenvalue weighted by Gasteiger charge is 2.21. The van der Waals surface area contributed by atoms with E-state index in [1.807, 2.05) is 18.2 Å². The van der Waals surface area contributed by atoms with Crippen LogP contribution in [0.15, 0.2) is 18.2 Å². The highest BCUT2D eigenvalue weighted by atomic mass is 127. The predicted molar refractivity (Wildman–Crippen MR) is 76.5 cm³/mol. The third-order valence-electron chi connectivity index (χ3n) is 2.09. The minimum atomic E-state index is 0.579. The molecular formula is C10H10ClIN2S. The summed E-state index contributed by atoms with van der Waals surface area (Å²) in [6, 6.07) is 6.27. The summed E-state index contributed by atoms with van der Waals surface area (Å²) >= 11 is 13.3. The Bertz CT molecular complexity index is 393. The van der Waals surface area contributed by atoms with Crippen LogP contribution in [0.4, 0.5) is 5.69 Å². The number of benzene rings is 1. The maximum Gasteiger partial charge on any atom is 0.171 e. The van der Waals surface area contributed by atoms with Crippen molar-refractivity contribution in [1.29, 1.82) is 0 Å². The van der Waals surface area contributed by atoms with Gasteiger partial charge in [0.25, 0.3) is 0 Å². The Morgan fingerprint density at radius 2 is 2.20 bits per heavy atom. The van der Waals surface area contributed by atoms with E-state index in [2.05, 4.69) is 33.2 Å². The maximum absolute atomic E-state index is 5.87. The summed E-state index contributed by atoms with van der Waals surface area (Å²) in [7, 11) is 0. The van der Waals surface area contributed by atoms with Crippen LogP contribution in [0.1, 0.15) is 12.8 Å². The molecule has 0 atom stereocenters. The zero-order valence-corrected chi connectivity index (χ0v) is 11.6. The van der Waals surface area contributed by atoms with E-state index in [0.717, 1.165) is 14.3 Å². The summed E-state index contributed by atoms with van der Waals surface area (Å²) < 4.78 is 1.07. The van der Waals surface area contributed by atoms with E-state index in [1.165, 1.54) is 12.8 Å². The molecule has 2 nitrogen and oxygen atoms in total. The van der Waals surface area contributed by atoms with E-state index in [1.54, 1.807) is 0 Å². The van der Waals surface area contributed by atoms with E-state index in [-0.39, 0.29) is 0 Å². The average molecular weight is 353 g/mol. The fourth-order valence-electron chi connectivity index (χ4n) is 1.16. The molecule has 0 bridgehead atoms. The molecule has 2 N–H and O–H groups in total. The van der Waals surface area contributed by atoms with Crippen molar-refractivity contribution in [2.75, 3.05) is 5.32 Å². The number of anilines is 1. The maximum atomic E-state index is 5.87. The van der Waals surface area contributed by atoms with Gasteiger partial charge in [-0.25, -0.2) is 0 Å². The third kappa shape index (κ3) is 3.46. The third-order valence-corrected chi connectivity index (χ3v) is 3.44. The Kier molecular flexibility index (Phi) is 3.69. The fraction of sp³-hybridized carbons (Fsp3) is 0.300. The van der Waals surface area contributed by atoms with Crippen molar-refractivity contribution in [3.8, 4) is 0 Å². The van der Waals surface area contributed by atoms with Crippen molar-refractivity contribution in [3.05, 3.63) is 26.8 Å². The van der Waals surface area contributed by atoms with Crippen LogP contribution in [0.5, 0.6) is 0 Å². The molecule has 0 heterocycles. The minimum Gasteiger partial charge on any atom is -0.360 e. The largest absolute Gasteiger partial charge is 0.360 e. The highest BCUT2D eigenvalue weighted by Crippen LogP contribution is 2.23. The SMILES string of the molecule is S=C(Nc1ccc(Cl)cc1I)NC1CC1. The molecule has 0 amide bonds. The van der Waals surface area contributed by atoms with E-state index < -0.39 is 0 Å². The van der Waals surface area contributed by atoms with E-state index in [9.17, 15) is 0 Å². The Hall–Kier alpha value is -0.0700. The van der Waals surface area contributed by atoms with Crippen molar-refractivity contribution >= 4 is 57.2 Å². The second-order valence-electron chi connectivity index (χ2n) is 3.50. The number of halogens is 2. The van der Waals surface area contributed by atoms with Crippen LogP contribution in [0.2, 0.25) is 5.02 Å². The molecule has 1 aliphatic carbocycles. The van der Waals surface area contributed by atoms with Gasteiger partial charge >= 0.3 is 0 Å². The standard InChI is InChI=1S/C10H10ClIN2S/c11-6-1-4-9(8(12)5-6)14-10(15)13-7-2-3-7/h1,4-5,7H,2-3H2,(H2,13,14,15). The summed E-state index contributed by atoms with van der Waals surface area (Å²) in [5, 5.41) is 7.83. The zero-order chi connectivity index (χ0) is 10.8. The van der Waals surface area contributed by atoms with Crippen molar-refractivity contribution in [3.63, 3.8) is 0 Å². The van der Waals surface area contributed by atoms with Crippen molar-refractivity contribution in [2.45, 2.75) is 18.9 Å². The first-order chi connectivity index (χ1) is 7.15. The smallest absolute Gasteiger partial charge is 0.171 e. The molecule has 1 aromatic rings. The lowest BCUT2D eigenvalue weighted by Crippen LogP contribution is -2.30. The first-order valence-electron chi connectivity index (χ1n) is 4.68. The second kappa shape index (κ2) is 4.84. The number of nitrogens with one attached hydrogen (secondary N) is 2. The average Bonchev–Trinajstić information content (AvgIpc) is 2.94. The molecule has 15 heavy (non-hydrogen) atoms. The number of rotatable bonds is 2. The van der Waals surface area contributed by atoms with Crippen LogP contribution < -0.4 is 10.6 Å². The molecule has 0 radical (unpaired) electrons. The Labute approximate surface area is 113 Å². The lowest BCUT2D eigenvalue weighted by atomic mass is 10.3. The van der Waals surface area contributed by atoms with Gasteiger partial charge in [-0.2, -0.15) is 0 Å². The molecule has 0 aliphatic heterocycles. The van der Waals surface area contributed by atoms with Gasteiger partial charge in [-0.3, -0.25) is 0 Å². The van der Waals surface area contributed by atoms with Crippen molar-refractivity contribution < 1.29 is 0 Å². The molecule has 0 aromatic heterocycles. The molecule has 80 valence electrons. The Morgan fingerprint density at radius 1 is 1.47 bits per heavy atom. The van der Waals surface area contributed by atoms with Crippen LogP contribution in [0.25, 0.3) is 0 Å². The highest BCUT2D eigenvalue weighted by molar-refractivity contribution is 14.1. The van der Waals surface area contributed by atoms with E-state index >= 15 is 0 Å². The second-order valence-corrected chi connectivity index (χ2v) is 5.50. The molecule has 1 aliphatic rings. The van der Waals surface area contributed by atoms with Gasteiger partial charge in [0.15, 0.2) is 5.11 Å². The summed E-state index contributed by atoms with van der Waals surface area (Å²) in [4.78, 5) is 0. The van der Waals surface area contributed by atoms with Gasteiger partial charge in [-0.15, -0.1) is 0 Å². The Balaban J connectivity index is 1.99. The van der Waals surface area contributed by atoms with Gasteiger partial charge in [0, 0.05) is 14.6 Å². The lowest BCUT2D eigenvalue weighted by Gasteiger charge is -2.11. The topological polar surface area (TPSA) is 24.1 Å². The van der Waals surface area contributed by atoms with E-state index in [4.69, 9.17) is 23.8 Å². The summed E-state index contributed by atoms with van der Waals surface area (Å²) in [5.41, 5.74) is 0.998. The molecule has 2 rings (SSSR count). The van der Waals surface area contributed by atoms with E-state index in [0.29, 0.717) is 11.2 Å². The fourth-order valence-corrected chi connectivity index (χ4v) is 2.45. The number of hydrogen-bond donors (Lipinski definition) is 2. The van der Waals surface area contributed by atoms with Gasteiger partial charge in [-0.1, -0.05) is 11.6 Å². The number of thiocarbonyl (C=S) groups is 1. The molecule has 1 fully saturated rings. The van der Waals surface area contributed by atoms with Gasteiger partial charge < -0.3 is 10.6 Å². The van der Waals surface area contributed by atoms with Crippen LogP contribution in [0.3, 0.4) is 0 Å². The van der Waals surface area contributed by atoms with Crippen LogP contribution in [-0.2, 0) is 0 Å². The molecule has 1 aromatic carbocycles. The van der Waals surface area contributed by atoms with Gasteiger partial charge in [0.05, 0.1) is 5.69 Å². The predicted octanol–water partition coefficient (Wildman–Crippen LogP) is 3.39. The number of hydrogen-bond acceptors (Lipinski definition) is 1. The Morgan fingerprint density at radius 3 is 2.80 bits per heavy atom.